The number of aromatic amines is 1. The minimum Gasteiger partial charge on any atom is -0.487 e. The molecule has 0 spiro atoms. The van der Waals surface area contributed by atoms with E-state index in [0.717, 1.165) is 53.4 Å². The number of likely N-dealkylation sites (tertiary alicyclic amines) is 1. The van der Waals surface area contributed by atoms with E-state index in [1.54, 1.807) is 6.20 Å². The molecule has 4 heterocycles. The second-order valence-electron chi connectivity index (χ2n) is 6.49. The van der Waals surface area contributed by atoms with Crippen molar-refractivity contribution in [2.24, 2.45) is 0 Å². The van der Waals surface area contributed by atoms with Gasteiger partial charge in [0.05, 0.1) is 17.1 Å². The normalized spacial score (nSPS) is 16.5. The first kappa shape index (κ1) is 14.9. The molecule has 0 radical (unpaired) electrons. The fraction of sp³-hybridized carbons (Fsp3) is 0.389. The molecule has 0 aliphatic carbocycles. The van der Waals surface area contributed by atoms with Crippen molar-refractivity contribution >= 4 is 21.9 Å². The van der Waals surface area contributed by atoms with Crippen molar-refractivity contribution in [1.82, 2.24) is 19.9 Å². The molecule has 0 amide bonds. The first-order valence-corrected chi connectivity index (χ1v) is 8.18. The molecule has 1 fully saturated rings. The fourth-order valence-electron chi connectivity index (χ4n) is 3.31. The SMILES string of the molecule is Cc1cnc2[nH]c3cnc(C#N)c(OC4CCN(C)CC4)c3c2c1. The fourth-order valence-corrected chi connectivity index (χ4v) is 3.31. The van der Waals surface area contributed by atoms with Gasteiger partial charge in [-0.25, -0.2) is 9.97 Å². The molecule has 24 heavy (non-hydrogen) atoms. The summed E-state index contributed by atoms with van der Waals surface area (Å²) in [6.45, 7) is 4.02. The van der Waals surface area contributed by atoms with Gasteiger partial charge in [-0.05, 0) is 38.4 Å². The van der Waals surface area contributed by atoms with Crippen LogP contribution in [0.2, 0.25) is 0 Å². The van der Waals surface area contributed by atoms with E-state index in [4.69, 9.17) is 4.74 Å². The first-order valence-electron chi connectivity index (χ1n) is 8.18. The van der Waals surface area contributed by atoms with Crippen LogP contribution in [0.25, 0.3) is 21.9 Å². The summed E-state index contributed by atoms with van der Waals surface area (Å²) >= 11 is 0. The Labute approximate surface area is 140 Å². The monoisotopic (exact) mass is 321 g/mol. The number of ether oxygens (including phenoxy) is 1. The number of hydrogen-bond donors (Lipinski definition) is 1. The van der Waals surface area contributed by atoms with Crippen LogP contribution in [0.15, 0.2) is 18.5 Å². The largest absolute Gasteiger partial charge is 0.487 e. The average Bonchev–Trinajstić information content (AvgIpc) is 2.95. The van der Waals surface area contributed by atoms with Crippen LogP contribution in [0.4, 0.5) is 0 Å². The number of nitriles is 1. The highest BCUT2D eigenvalue weighted by atomic mass is 16.5. The van der Waals surface area contributed by atoms with Crippen LogP contribution in [0.5, 0.6) is 5.75 Å². The Morgan fingerprint density at radius 3 is 2.83 bits per heavy atom. The van der Waals surface area contributed by atoms with E-state index in [-0.39, 0.29) is 6.10 Å². The topological polar surface area (TPSA) is 77.8 Å². The van der Waals surface area contributed by atoms with E-state index in [9.17, 15) is 5.26 Å². The smallest absolute Gasteiger partial charge is 0.183 e. The molecule has 6 nitrogen and oxygen atoms in total. The van der Waals surface area contributed by atoms with Crippen molar-refractivity contribution in [3.05, 3.63) is 29.7 Å². The van der Waals surface area contributed by atoms with Crippen LogP contribution in [-0.2, 0) is 0 Å². The van der Waals surface area contributed by atoms with Gasteiger partial charge in [-0.2, -0.15) is 5.26 Å². The summed E-state index contributed by atoms with van der Waals surface area (Å²) in [5.74, 6) is 0.586. The number of hydrogen-bond acceptors (Lipinski definition) is 5. The number of rotatable bonds is 2. The Morgan fingerprint density at radius 2 is 2.08 bits per heavy atom. The minimum atomic E-state index is 0.114. The van der Waals surface area contributed by atoms with Gasteiger partial charge in [0.15, 0.2) is 11.4 Å². The summed E-state index contributed by atoms with van der Waals surface area (Å²) in [6, 6.07) is 4.25. The number of pyridine rings is 2. The second kappa shape index (κ2) is 5.77. The van der Waals surface area contributed by atoms with Crippen molar-refractivity contribution in [3.8, 4) is 11.8 Å². The Balaban J connectivity index is 1.86. The molecular formula is C18H19N5O. The van der Waals surface area contributed by atoms with Gasteiger partial charge in [-0.3, -0.25) is 0 Å². The Bertz CT molecular complexity index is 947. The predicted octanol–water partition coefficient (Wildman–Crippen LogP) is 2.76. The van der Waals surface area contributed by atoms with Crippen LogP contribution in [0.3, 0.4) is 0 Å². The molecule has 1 saturated heterocycles. The molecule has 3 aromatic heterocycles. The van der Waals surface area contributed by atoms with Gasteiger partial charge in [-0.1, -0.05) is 0 Å². The molecule has 0 saturated carbocycles. The highest BCUT2D eigenvalue weighted by Crippen LogP contribution is 2.35. The number of fused-ring (bicyclic) bond motifs is 3. The van der Waals surface area contributed by atoms with Gasteiger partial charge >= 0.3 is 0 Å². The molecule has 4 rings (SSSR count). The highest BCUT2D eigenvalue weighted by molar-refractivity contribution is 6.09. The Morgan fingerprint density at radius 1 is 1.29 bits per heavy atom. The Kier molecular flexibility index (Phi) is 3.58. The van der Waals surface area contributed by atoms with E-state index >= 15 is 0 Å². The molecule has 0 aromatic carbocycles. The number of H-pyrrole nitrogens is 1. The summed E-state index contributed by atoms with van der Waals surface area (Å²) in [5.41, 5.74) is 3.05. The molecule has 0 unspecified atom stereocenters. The molecule has 122 valence electrons. The third kappa shape index (κ3) is 2.47. The maximum Gasteiger partial charge on any atom is 0.183 e. The summed E-state index contributed by atoms with van der Waals surface area (Å²) in [4.78, 5) is 14.3. The van der Waals surface area contributed by atoms with Crippen LogP contribution in [0.1, 0.15) is 24.1 Å². The number of aryl methyl sites for hydroxylation is 1. The van der Waals surface area contributed by atoms with Crippen molar-refractivity contribution in [3.63, 3.8) is 0 Å². The Hall–Kier alpha value is -2.65. The summed E-state index contributed by atoms with van der Waals surface area (Å²) in [6.07, 6.45) is 5.54. The van der Waals surface area contributed by atoms with Crippen LogP contribution < -0.4 is 4.74 Å². The molecule has 3 aromatic rings. The van der Waals surface area contributed by atoms with Crippen molar-refractivity contribution in [2.75, 3.05) is 20.1 Å². The predicted molar refractivity (Wildman–Crippen MR) is 92.0 cm³/mol. The van der Waals surface area contributed by atoms with E-state index in [1.165, 1.54) is 0 Å². The van der Waals surface area contributed by atoms with Crippen LogP contribution in [-0.4, -0.2) is 46.1 Å². The molecular weight excluding hydrogens is 302 g/mol. The first-order chi connectivity index (χ1) is 11.7. The number of nitrogens with zero attached hydrogens (tertiary/aromatic N) is 4. The average molecular weight is 321 g/mol. The van der Waals surface area contributed by atoms with E-state index in [2.05, 4.69) is 39.0 Å². The summed E-state index contributed by atoms with van der Waals surface area (Å²) in [5, 5.41) is 11.4. The van der Waals surface area contributed by atoms with E-state index in [0.29, 0.717) is 11.4 Å². The van der Waals surface area contributed by atoms with E-state index in [1.807, 2.05) is 13.1 Å². The molecule has 1 aliphatic heterocycles. The zero-order valence-corrected chi connectivity index (χ0v) is 13.8. The number of aromatic nitrogens is 3. The quantitative estimate of drug-likeness (QED) is 0.785. The van der Waals surface area contributed by atoms with Gasteiger partial charge in [0.25, 0.3) is 0 Å². The molecule has 0 bridgehead atoms. The highest BCUT2D eigenvalue weighted by Gasteiger charge is 2.23. The third-order valence-corrected chi connectivity index (χ3v) is 4.64. The van der Waals surface area contributed by atoms with Crippen molar-refractivity contribution in [2.45, 2.75) is 25.9 Å². The zero-order chi connectivity index (χ0) is 16.7. The maximum atomic E-state index is 9.49. The standard InChI is InChI=1S/C18H19N5O/c1-11-7-13-16-15(22-18(13)21-9-11)10-20-14(8-19)17(16)24-12-3-5-23(2)6-4-12/h7,9-10,12H,3-6H2,1-2H3,(H,21,22). The number of piperidine rings is 1. The lowest BCUT2D eigenvalue weighted by Crippen LogP contribution is -2.35. The van der Waals surface area contributed by atoms with Gasteiger partial charge in [0.2, 0.25) is 0 Å². The van der Waals surface area contributed by atoms with Crippen LogP contribution >= 0.6 is 0 Å². The van der Waals surface area contributed by atoms with Crippen molar-refractivity contribution in [1.29, 1.82) is 5.26 Å². The lowest BCUT2D eigenvalue weighted by molar-refractivity contribution is 0.115. The van der Waals surface area contributed by atoms with Crippen LogP contribution in [0, 0.1) is 18.3 Å². The molecule has 0 atom stereocenters. The zero-order valence-electron chi connectivity index (χ0n) is 13.8. The maximum absolute atomic E-state index is 9.49. The molecule has 6 heteroatoms. The van der Waals surface area contributed by atoms with E-state index < -0.39 is 0 Å². The summed E-state index contributed by atoms with van der Waals surface area (Å²) < 4.78 is 6.29. The van der Waals surface area contributed by atoms with Gasteiger partial charge < -0.3 is 14.6 Å². The minimum absolute atomic E-state index is 0.114. The lowest BCUT2D eigenvalue weighted by Gasteiger charge is -2.29. The molecule has 1 N–H and O–H groups in total. The van der Waals surface area contributed by atoms with Gasteiger partial charge in [0, 0.05) is 24.7 Å². The third-order valence-electron chi connectivity index (χ3n) is 4.64. The number of nitrogens with one attached hydrogen (secondary N) is 1. The molecule has 1 aliphatic rings. The second-order valence-corrected chi connectivity index (χ2v) is 6.49. The van der Waals surface area contributed by atoms with Gasteiger partial charge in [0.1, 0.15) is 17.8 Å². The van der Waals surface area contributed by atoms with Crippen molar-refractivity contribution < 1.29 is 4.74 Å². The summed E-state index contributed by atoms with van der Waals surface area (Å²) in [7, 11) is 2.12. The van der Waals surface area contributed by atoms with Gasteiger partial charge in [-0.15, -0.1) is 0 Å². The lowest BCUT2D eigenvalue weighted by atomic mass is 10.1.